The Bertz CT molecular complexity index is 855. The lowest BCUT2D eigenvalue weighted by atomic mass is 10.1. The highest BCUT2D eigenvalue weighted by Gasteiger charge is 2.18. The largest absolute Gasteiger partial charge is 0.454 e. The van der Waals surface area contributed by atoms with Gasteiger partial charge in [0.2, 0.25) is 12.7 Å². The maximum Gasteiger partial charge on any atom is 0.248 e. The average molecular weight is 380 g/mol. The molecule has 1 saturated heterocycles. The summed E-state index contributed by atoms with van der Waals surface area (Å²) in [4.78, 5) is 14.5. The number of piperidine rings is 1. The molecule has 1 fully saturated rings. The van der Waals surface area contributed by atoms with Gasteiger partial charge < -0.3 is 24.4 Å². The predicted octanol–water partition coefficient (Wildman–Crippen LogP) is 3.68. The van der Waals surface area contributed by atoms with Crippen LogP contribution in [0.3, 0.4) is 0 Å². The SMILES string of the molecule is COC1CCN(c2ccc(NC(=O)/C=C/c3ccc4c(c3)OCO4)cc2)CC1. The smallest absolute Gasteiger partial charge is 0.248 e. The van der Waals surface area contributed by atoms with Crippen LogP contribution < -0.4 is 19.7 Å². The molecule has 6 heteroatoms. The molecule has 0 saturated carbocycles. The molecule has 0 radical (unpaired) electrons. The second-order valence-electron chi connectivity index (χ2n) is 6.90. The Labute approximate surface area is 164 Å². The number of amides is 1. The summed E-state index contributed by atoms with van der Waals surface area (Å²) in [6.07, 6.45) is 5.72. The predicted molar refractivity (Wildman–Crippen MR) is 109 cm³/mol. The highest BCUT2D eigenvalue weighted by Crippen LogP contribution is 2.32. The van der Waals surface area contributed by atoms with E-state index in [0.29, 0.717) is 11.9 Å². The van der Waals surface area contributed by atoms with E-state index >= 15 is 0 Å². The van der Waals surface area contributed by atoms with Gasteiger partial charge in [-0.3, -0.25) is 4.79 Å². The van der Waals surface area contributed by atoms with E-state index in [2.05, 4.69) is 10.2 Å². The molecular weight excluding hydrogens is 356 g/mol. The van der Waals surface area contributed by atoms with E-state index in [1.807, 2.05) is 42.5 Å². The molecule has 2 heterocycles. The number of benzene rings is 2. The van der Waals surface area contributed by atoms with Crippen molar-refractivity contribution in [2.24, 2.45) is 0 Å². The van der Waals surface area contributed by atoms with Crippen LogP contribution in [0.1, 0.15) is 18.4 Å². The van der Waals surface area contributed by atoms with Gasteiger partial charge >= 0.3 is 0 Å². The van der Waals surface area contributed by atoms with Gasteiger partial charge in [-0.05, 0) is 60.9 Å². The number of hydrogen-bond acceptors (Lipinski definition) is 5. The normalized spacial score (nSPS) is 16.5. The molecule has 28 heavy (non-hydrogen) atoms. The van der Waals surface area contributed by atoms with Gasteiger partial charge in [-0.2, -0.15) is 0 Å². The summed E-state index contributed by atoms with van der Waals surface area (Å²) < 4.78 is 16.1. The third kappa shape index (κ3) is 4.28. The first-order valence-corrected chi connectivity index (χ1v) is 9.48. The molecule has 2 aliphatic rings. The molecule has 0 aliphatic carbocycles. The van der Waals surface area contributed by atoms with Gasteiger partial charge in [0.1, 0.15) is 0 Å². The van der Waals surface area contributed by atoms with Crippen molar-refractivity contribution in [3.63, 3.8) is 0 Å². The van der Waals surface area contributed by atoms with E-state index in [9.17, 15) is 4.79 Å². The van der Waals surface area contributed by atoms with Gasteiger partial charge in [0.05, 0.1) is 6.10 Å². The van der Waals surface area contributed by atoms with E-state index in [0.717, 1.165) is 42.9 Å². The Morgan fingerprint density at radius 2 is 1.86 bits per heavy atom. The summed E-state index contributed by atoms with van der Waals surface area (Å²) in [6, 6.07) is 13.5. The summed E-state index contributed by atoms with van der Waals surface area (Å²) in [5.74, 6) is 1.26. The molecule has 0 spiro atoms. The molecule has 2 aromatic rings. The Balaban J connectivity index is 1.32. The number of carbonyl (C=O) groups excluding carboxylic acids is 1. The van der Waals surface area contributed by atoms with Crippen LogP contribution in [0.4, 0.5) is 11.4 Å². The van der Waals surface area contributed by atoms with Crippen LogP contribution in [0.5, 0.6) is 11.5 Å². The minimum absolute atomic E-state index is 0.175. The van der Waals surface area contributed by atoms with E-state index in [1.165, 1.54) is 11.8 Å². The lowest BCUT2D eigenvalue weighted by molar-refractivity contribution is -0.111. The molecule has 1 N–H and O–H groups in total. The number of fused-ring (bicyclic) bond motifs is 1. The highest BCUT2D eigenvalue weighted by atomic mass is 16.7. The molecule has 146 valence electrons. The van der Waals surface area contributed by atoms with Crippen molar-refractivity contribution < 1.29 is 19.0 Å². The fraction of sp³-hybridized carbons (Fsp3) is 0.318. The number of rotatable bonds is 5. The molecule has 2 aliphatic heterocycles. The number of nitrogens with one attached hydrogen (secondary N) is 1. The van der Waals surface area contributed by atoms with Crippen molar-refractivity contribution >= 4 is 23.4 Å². The van der Waals surface area contributed by atoms with Crippen LogP contribution in [0.2, 0.25) is 0 Å². The van der Waals surface area contributed by atoms with E-state index in [4.69, 9.17) is 14.2 Å². The first-order chi connectivity index (χ1) is 13.7. The number of hydrogen-bond donors (Lipinski definition) is 1. The van der Waals surface area contributed by atoms with E-state index < -0.39 is 0 Å². The third-order valence-corrected chi connectivity index (χ3v) is 5.10. The third-order valence-electron chi connectivity index (χ3n) is 5.10. The molecule has 6 nitrogen and oxygen atoms in total. The zero-order valence-corrected chi connectivity index (χ0v) is 15.9. The van der Waals surface area contributed by atoms with Gasteiger partial charge in [-0.1, -0.05) is 6.07 Å². The van der Waals surface area contributed by atoms with Gasteiger partial charge in [0.25, 0.3) is 0 Å². The van der Waals surface area contributed by atoms with Crippen molar-refractivity contribution in [1.29, 1.82) is 0 Å². The molecule has 0 atom stereocenters. The lowest BCUT2D eigenvalue weighted by Gasteiger charge is -2.33. The topological polar surface area (TPSA) is 60.0 Å². The minimum atomic E-state index is -0.175. The summed E-state index contributed by atoms with van der Waals surface area (Å²) in [5, 5.41) is 2.89. The van der Waals surface area contributed by atoms with Crippen LogP contribution in [-0.4, -0.2) is 39.0 Å². The highest BCUT2D eigenvalue weighted by molar-refractivity contribution is 6.02. The number of nitrogens with zero attached hydrogens (tertiary/aromatic N) is 1. The first-order valence-electron chi connectivity index (χ1n) is 9.48. The molecule has 2 aromatic carbocycles. The zero-order valence-electron chi connectivity index (χ0n) is 15.9. The van der Waals surface area contributed by atoms with Crippen LogP contribution in [0, 0.1) is 0 Å². The van der Waals surface area contributed by atoms with E-state index in [-0.39, 0.29) is 12.7 Å². The Morgan fingerprint density at radius 3 is 2.61 bits per heavy atom. The quantitative estimate of drug-likeness (QED) is 0.802. The van der Waals surface area contributed by atoms with Crippen molar-refractivity contribution in [3.05, 3.63) is 54.1 Å². The first kappa shape index (κ1) is 18.4. The summed E-state index contributed by atoms with van der Waals surface area (Å²) in [7, 11) is 1.78. The number of ether oxygens (including phenoxy) is 3. The second-order valence-corrected chi connectivity index (χ2v) is 6.90. The van der Waals surface area contributed by atoms with Crippen LogP contribution >= 0.6 is 0 Å². The van der Waals surface area contributed by atoms with Crippen LogP contribution in [0.15, 0.2) is 48.5 Å². The van der Waals surface area contributed by atoms with Gasteiger partial charge in [0.15, 0.2) is 11.5 Å². The van der Waals surface area contributed by atoms with Gasteiger partial charge in [-0.25, -0.2) is 0 Å². The minimum Gasteiger partial charge on any atom is -0.454 e. The molecule has 1 amide bonds. The average Bonchev–Trinajstić information content (AvgIpc) is 3.21. The maximum atomic E-state index is 12.2. The second kappa shape index (κ2) is 8.35. The standard InChI is InChI=1S/C22H24N2O4/c1-26-19-10-12-24(13-11-19)18-6-4-17(5-7-18)23-22(25)9-3-16-2-8-20-21(14-16)28-15-27-20/h2-9,14,19H,10-13,15H2,1H3,(H,23,25)/b9-3+. The summed E-state index contributed by atoms with van der Waals surface area (Å²) >= 11 is 0. The fourth-order valence-electron chi connectivity index (χ4n) is 3.48. The molecule has 0 bridgehead atoms. The number of anilines is 2. The monoisotopic (exact) mass is 380 g/mol. The molecular formula is C22H24N2O4. The Hall–Kier alpha value is -2.99. The van der Waals surface area contributed by atoms with Gasteiger partial charge in [0, 0.05) is 37.7 Å². The van der Waals surface area contributed by atoms with Crippen molar-refractivity contribution in [2.45, 2.75) is 18.9 Å². The van der Waals surface area contributed by atoms with Crippen LogP contribution in [-0.2, 0) is 9.53 Å². The lowest BCUT2D eigenvalue weighted by Crippen LogP contribution is -2.36. The van der Waals surface area contributed by atoms with Crippen molar-refractivity contribution in [1.82, 2.24) is 0 Å². The molecule has 4 rings (SSSR count). The molecule has 0 aromatic heterocycles. The summed E-state index contributed by atoms with van der Waals surface area (Å²) in [5.41, 5.74) is 2.83. The maximum absolute atomic E-state index is 12.2. The fourth-order valence-corrected chi connectivity index (χ4v) is 3.48. The number of carbonyl (C=O) groups is 1. The Morgan fingerprint density at radius 1 is 1.11 bits per heavy atom. The summed E-state index contributed by atoms with van der Waals surface area (Å²) in [6.45, 7) is 2.22. The Kier molecular flexibility index (Phi) is 5.48. The van der Waals surface area contributed by atoms with E-state index in [1.54, 1.807) is 13.2 Å². The zero-order chi connectivity index (χ0) is 19.3. The van der Waals surface area contributed by atoms with Crippen molar-refractivity contribution in [2.75, 3.05) is 37.2 Å². The number of methoxy groups -OCH3 is 1. The van der Waals surface area contributed by atoms with Crippen molar-refractivity contribution in [3.8, 4) is 11.5 Å². The van der Waals surface area contributed by atoms with Gasteiger partial charge in [-0.15, -0.1) is 0 Å². The van der Waals surface area contributed by atoms with Crippen LogP contribution in [0.25, 0.3) is 6.08 Å². The molecule has 0 unspecified atom stereocenters.